The zero-order valence-electron chi connectivity index (χ0n) is 15.8. The fourth-order valence-electron chi connectivity index (χ4n) is 2.24. The maximum Gasteiger partial charge on any atom is 0.350 e. The summed E-state index contributed by atoms with van der Waals surface area (Å²) in [6.45, 7) is 7.49. The number of rotatable bonds is 8. The highest BCUT2D eigenvalue weighted by Gasteiger charge is 2.18. The van der Waals surface area contributed by atoms with Crippen LogP contribution in [0.25, 0.3) is 0 Å². The number of benzene rings is 1. The molecule has 8 nitrogen and oxygen atoms in total. The predicted octanol–water partition coefficient (Wildman–Crippen LogP) is 3.79. The fraction of sp³-hybridized carbons (Fsp3) is 0.211. The molecule has 3 rings (SSSR count). The van der Waals surface area contributed by atoms with Crippen LogP contribution in [0.15, 0.2) is 36.9 Å². The highest BCUT2D eigenvalue weighted by Crippen LogP contribution is 2.24. The number of hydrogen-bond donors (Lipinski definition) is 1. The second-order valence-electron chi connectivity index (χ2n) is 5.88. The number of aromatic nitrogens is 3. The summed E-state index contributed by atoms with van der Waals surface area (Å²) in [5.74, 6) is -0.213. The van der Waals surface area contributed by atoms with E-state index in [4.69, 9.17) is 9.47 Å². The van der Waals surface area contributed by atoms with Gasteiger partial charge in [0, 0.05) is 5.56 Å². The van der Waals surface area contributed by atoms with Crippen LogP contribution in [-0.2, 0) is 11.3 Å². The molecule has 0 saturated heterocycles. The Kier molecular flexibility index (Phi) is 6.68. The zero-order valence-corrected chi connectivity index (χ0v) is 17.4. The third-order valence-electron chi connectivity index (χ3n) is 3.77. The van der Waals surface area contributed by atoms with Gasteiger partial charge in [-0.25, -0.2) is 9.78 Å². The number of aryl methyl sites for hydroxylation is 2. The number of carbonyl (C=O) groups is 2. The van der Waals surface area contributed by atoms with Gasteiger partial charge in [-0.3, -0.25) is 10.1 Å². The molecule has 150 valence electrons. The second kappa shape index (κ2) is 9.39. The number of nitrogens with one attached hydrogen (secondary N) is 1. The Morgan fingerprint density at radius 1 is 1.17 bits per heavy atom. The summed E-state index contributed by atoms with van der Waals surface area (Å²) in [4.78, 5) is 29.0. The summed E-state index contributed by atoms with van der Waals surface area (Å²) in [5.41, 5.74) is 2.57. The van der Waals surface area contributed by atoms with E-state index in [1.54, 1.807) is 31.2 Å². The van der Waals surface area contributed by atoms with Crippen molar-refractivity contribution in [1.29, 1.82) is 0 Å². The first-order valence-electron chi connectivity index (χ1n) is 8.55. The van der Waals surface area contributed by atoms with Crippen molar-refractivity contribution in [3.05, 3.63) is 64.4 Å². The topological polar surface area (TPSA) is 103 Å². The highest BCUT2D eigenvalue weighted by atomic mass is 32.1. The third-order valence-corrected chi connectivity index (χ3v) is 5.48. The van der Waals surface area contributed by atoms with Crippen molar-refractivity contribution in [1.82, 2.24) is 13.7 Å². The summed E-state index contributed by atoms with van der Waals surface area (Å²) < 4.78 is 18.9. The molecule has 0 radical (unpaired) electrons. The molecular formula is C19H18N4O4S2. The monoisotopic (exact) mass is 430 g/mol. The molecule has 0 saturated carbocycles. The van der Waals surface area contributed by atoms with Gasteiger partial charge in [-0.2, -0.15) is 8.75 Å². The number of hydrogen-bond acceptors (Lipinski definition) is 9. The second-order valence-corrected chi connectivity index (χ2v) is 7.41. The normalized spacial score (nSPS) is 10.4. The zero-order chi connectivity index (χ0) is 20.8. The Bertz CT molecular complexity index is 1030. The van der Waals surface area contributed by atoms with E-state index in [9.17, 15) is 9.59 Å². The lowest BCUT2D eigenvalue weighted by atomic mass is 10.2. The van der Waals surface area contributed by atoms with E-state index in [2.05, 4.69) is 25.6 Å². The van der Waals surface area contributed by atoms with Crippen LogP contribution in [0.4, 0.5) is 5.13 Å². The first-order chi connectivity index (χ1) is 14.0. The Morgan fingerprint density at radius 3 is 2.59 bits per heavy atom. The van der Waals surface area contributed by atoms with Gasteiger partial charge in [0.15, 0.2) is 5.13 Å². The van der Waals surface area contributed by atoms with Crippen molar-refractivity contribution >= 4 is 40.1 Å². The van der Waals surface area contributed by atoms with Crippen molar-refractivity contribution < 1.29 is 19.1 Å². The molecule has 2 aromatic heterocycles. The van der Waals surface area contributed by atoms with Crippen molar-refractivity contribution in [2.24, 2.45) is 0 Å². The average molecular weight is 431 g/mol. The SMILES string of the molecule is C=CCOC(=O)c1sc(NC(=O)c2ccc(OCc3nsnc3C)cc2)nc1C. The van der Waals surface area contributed by atoms with Gasteiger partial charge in [0.2, 0.25) is 0 Å². The minimum absolute atomic E-state index is 0.116. The largest absolute Gasteiger partial charge is 0.487 e. The van der Waals surface area contributed by atoms with Gasteiger partial charge >= 0.3 is 5.97 Å². The molecule has 1 amide bonds. The van der Waals surface area contributed by atoms with Gasteiger partial charge in [-0.05, 0) is 38.1 Å². The van der Waals surface area contributed by atoms with E-state index in [0.29, 0.717) is 33.6 Å². The standard InChI is InChI=1S/C19H18N4O4S2/c1-4-9-26-18(25)16-12(3)20-19(28-16)21-17(24)13-5-7-14(8-6-13)27-10-15-11(2)22-29-23-15/h4-8H,1,9-10H2,2-3H3,(H,20,21,24). The molecule has 3 aromatic rings. The van der Waals surface area contributed by atoms with Gasteiger partial charge in [0.1, 0.15) is 29.5 Å². The molecule has 0 unspecified atom stereocenters. The lowest BCUT2D eigenvalue weighted by molar-refractivity contribution is 0.0554. The minimum atomic E-state index is -0.493. The first-order valence-corrected chi connectivity index (χ1v) is 10.1. The van der Waals surface area contributed by atoms with Crippen molar-refractivity contribution in [3.8, 4) is 5.75 Å². The van der Waals surface area contributed by atoms with E-state index < -0.39 is 5.97 Å². The smallest absolute Gasteiger partial charge is 0.350 e. The molecule has 0 atom stereocenters. The number of esters is 1. The van der Waals surface area contributed by atoms with Gasteiger partial charge in [-0.15, -0.1) is 0 Å². The van der Waals surface area contributed by atoms with E-state index in [1.165, 1.54) is 6.08 Å². The van der Waals surface area contributed by atoms with Crippen LogP contribution >= 0.6 is 23.1 Å². The van der Waals surface area contributed by atoms with E-state index in [0.717, 1.165) is 34.5 Å². The molecule has 1 aromatic carbocycles. The third kappa shape index (κ3) is 5.24. The van der Waals surface area contributed by atoms with E-state index >= 15 is 0 Å². The van der Waals surface area contributed by atoms with Crippen molar-refractivity contribution in [2.45, 2.75) is 20.5 Å². The highest BCUT2D eigenvalue weighted by molar-refractivity contribution is 7.17. The predicted molar refractivity (Wildman–Crippen MR) is 111 cm³/mol. The fourth-order valence-corrected chi connectivity index (χ4v) is 3.65. The van der Waals surface area contributed by atoms with Crippen LogP contribution in [0.5, 0.6) is 5.75 Å². The first kappa shape index (κ1) is 20.6. The molecule has 0 bridgehead atoms. The van der Waals surface area contributed by atoms with Crippen LogP contribution < -0.4 is 10.1 Å². The number of nitrogens with zero attached hydrogens (tertiary/aromatic N) is 3. The molecule has 1 N–H and O–H groups in total. The Morgan fingerprint density at radius 2 is 1.93 bits per heavy atom. The van der Waals surface area contributed by atoms with Crippen molar-refractivity contribution in [3.63, 3.8) is 0 Å². The molecule has 2 heterocycles. The molecular weight excluding hydrogens is 412 g/mol. The van der Waals surface area contributed by atoms with Crippen molar-refractivity contribution in [2.75, 3.05) is 11.9 Å². The van der Waals surface area contributed by atoms with Crippen LogP contribution in [0.1, 0.15) is 37.1 Å². The molecule has 29 heavy (non-hydrogen) atoms. The van der Waals surface area contributed by atoms with Crippen LogP contribution in [0.3, 0.4) is 0 Å². The summed E-state index contributed by atoms with van der Waals surface area (Å²) in [7, 11) is 0. The Hall–Kier alpha value is -3.11. The molecule has 0 aliphatic carbocycles. The number of thiazole rings is 1. The average Bonchev–Trinajstić information content (AvgIpc) is 3.29. The van der Waals surface area contributed by atoms with Crippen LogP contribution in [-0.4, -0.2) is 32.2 Å². The number of anilines is 1. The molecule has 0 fully saturated rings. The lowest BCUT2D eigenvalue weighted by Crippen LogP contribution is -2.11. The molecule has 0 aliphatic heterocycles. The lowest BCUT2D eigenvalue weighted by Gasteiger charge is -2.06. The van der Waals surface area contributed by atoms with Gasteiger partial charge in [-0.1, -0.05) is 24.0 Å². The van der Waals surface area contributed by atoms with E-state index in [1.807, 2.05) is 6.92 Å². The number of amides is 1. The molecule has 0 spiro atoms. The number of ether oxygens (including phenoxy) is 2. The minimum Gasteiger partial charge on any atom is -0.487 e. The number of carbonyl (C=O) groups excluding carboxylic acids is 2. The van der Waals surface area contributed by atoms with Crippen LogP contribution in [0, 0.1) is 13.8 Å². The summed E-state index contributed by atoms with van der Waals surface area (Å²) in [5, 5.41) is 3.02. The summed E-state index contributed by atoms with van der Waals surface area (Å²) >= 11 is 2.21. The quantitative estimate of drug-likeness (QED) is 0.428. The maximum atomic E-state index is 12.4. The van der Waals surface area contributed by atoms with Crippen LogP contribution in [0.2, 0.25) is 0 Å². The Balaban J connectivity index is 1.60. The summed E-state index contributed by atoms with van der Waals surface area (Å²) in [6.07, 6.45) is 1.49. The van der Waals surface area contributed by atoms with Gasteiger partial charge in [0.05, 0.1) is 23.1 Å². The van der Waals surface area contributed by atoms with Gasteiger partial charge in [0.25, 0.3) is 5.91 Å². The van der Waals surface area contributed by atoms with Gasteiger partial charge < -0.3 is 9.47 Å². The Labute approximate surface area is 175 Å². The molecule has 10 heteroatoms. The van der Waals surface area contributed by atoms with E-state index in [-0.39, 0.29) is 12.5 Å². The maximum absolute atomic E-state index is 12.4. The molecule has 0 aliphatic rings. The summed E-state index contributed by atoms with van der Waals surface area (Å²) in [6, 6.07) is 6.71.